The first kappa shape index (κ1) is 10.3. The molecule has 1 aromatic carbocycles. The van der Waals surface area contributed by atoms with Crippen LogP contribution in [0.4, 0.5) is 5.69 Å². The third-order valence-electron chi connectivity index (χ3n) is 1.87. The van der Waals surface area contributed by atoms with E-state index in [1.807, 2.05) is 24.3 Å². The molecule has 0 radical (unpaired) electrons. The van der Waals surface area contributed by atoms with Crippen molar-refractivity contribution in [3.63, 3.8) is 0 Å². The van der Waals surface area contributed by atoms with Crippen molar-refractivity contribution in [1.82, 2.24) is 0 Å². The van der Waals surface area contributed by atoms with E-state index in [0.717, 1.165) is 17.5 Å². The first-order valence-corrected chi connectivity index (χ1v) is 7.03. The molecule has 1 rings (SSSR count). The molecule has 0 saturated heterocycles. The van der Waals surface area contributed by atoms with Crippen molar-refractivity contribution in [2.75, 3.05) is 25.2 Å². The summed E-state index contributed by atoms with van der Waals surface area (Å²) >= 11 is 0. The Morgan fingerprint density at radius 3 is 2.15 bits per heavy atom. The van der Waals surface area contributed by atoms with Crippen LogP contribution in [0.25, 0.3) is 0 Å². The number of nitrogens with one attached hydrogen (secondary N) is 1. The standard InChI is InChI=1S/C10H16NOP/c1-4-11-9-5-7-10(8-6-9)13(2,3)12/h5-8,11H,4H2,1-3H3. The van der Waals surface area contributed by atoms with Gasteiger partial charge < -0.3 is 9.88 Å². The molecule has 1 N–H and O–H groups in total. The molecule has 0 heterocycles. The smallest absolute Gasteiger partial charge is 0.109 e. The minimum atomic E-state index is -2.08. The van der Waals surface area contributed by atoms with Crippen molar-refractivity contribution in [2.24, 2.45) is 0 Å². The molecule has 0 aliphatic rings. The van der Waals surface area contributed by atoms with Gasteiger partial charge in [-0.05, 0) is 44.5 Å². The van der Waals surface area contributed by atoms with Crippen LogP contribution < -0.4 is 10.6 Å². The Labute approximate surface area is 79.7 Å². The average molecular weight is 197 g/mol. The van der Waals surface area contributed by atoms with Crippen LogP contribution in [0.1, 0.15) is 6.92 Å². The summed E-state index contributed by atoms with van der Waals surface area (Å²) in [5.41, 5.74) is 1.08. The van der Waals surface area contributed by atoms with E-state index >= 15 is 0 Å². The molecule has 0 fully saturated rings. The summed E-state index contributed by atoms with van der Waals surface area (Å²) in [5.74, 6) is 0. The van der Waals surface area contributed by atoms with Crippen LogP contribution in [-0.2, 0) is 4.57 Å². The molecule has 72 valence electrons. The number of hydrogen-bond acceptors (Lipinski definition) is 2. The minimum Gasteiger partial charge on any atom is -0.385 e. The van der Waals surface area contributed by atoms with E-state index in [2.05, 4.69) is 12.2 Å². The highest BCUT2D eigenvalue weighted by atomic mass is 31.2. The lowest BCUT2D eigenvalue weighted by molar-refractivity contribution is 0.588. The average Bonchev–Trinajstić information content (AvgIpc) is 2.04. The van der Waals surface area contributed by atoms with Gasteiger partial charge in [0, 0.05) is 17.5 Å². The topological polar surface area (TPSA) is 29.1 Å². The van der Waals surface area contributed by atoms with Gasteiger partial charge in [-0.3, -0.25) is 0 Å². The van der Waals surface area contributed by atoms with E-state index < -0.39 is 7.14 Å². The summed E-state index contributed by atoms with van der Waals surface area (Å²) in [4.78, 5) is 0. The van der Waals surface area contributed by atoms with Gasteiger partial charge in [-0.2, -0.15) is 0 Å². The van der Waals surface area contributed by atoms with Crippen LogP contribution in [0.15, 0.2) is 24.3 Å². The molecule has 13 heavy (non-hydrogen) atoms. The summed E-state index contributed by atoms with van der Waals surface area (Å²) in [6, 6.07) is 7.80. The first-order chi connectivity index (χ1) is 6.04. The second-order valence-electron chi connectivity index (χ2n) is 3.43. The Kier molecular flexibility index (Phi) is 3.16. The molecule has 0 saturated carbocycles. The normalized spacial score (nSPS) is 11.3. The summed E-state index contributed by atoms with van der Waals surface area (Å²) < 4.78 is 11.7. The van der Waals surface area contributed by atoms with Crippen LogP contribution in [0.3, 0.4) is 0 Å². The molecule has 1 aromatic rings. The van der Waals surface area contributed by atoms with Gasteiger partial charge >= 0.3 is 0 Å². The Morgan fingerprint density at radius 1 is 1.23 bits per heavy atom. The summed E-state index contributed by atoms with van der Waals surface area (Å²) in [6.07, 6.45) is 0. The molecule has 0 atom stereocenters. The Morgan fingerprint density at radius 2 is 1.77 bits per heavy atom. The second-order valence-corrected chi connectivity index (χ2v) is 6.65. The maximum atomic E-state index is 11.7. The van der Waals surface area contributed by atoms with Crippen molar-refractivity contribution < 1.29 is 4.57 Å². The number of hydrogen-bond donors (Lipinski definition) is 1. The van der Waals surface area contributed by atoms with Gasteiger partial charge in [0.05, 0.1) is 0 Å². The van der Waals surface area contributed by atoms with Gasteiger partial charge in [0.1, 0.15) is 7.14 Å². The highest BCUT2D eigenvalue weighted by Gasteiger charge is 2.09. The molecule has 0 aromatic heterocycles. The molecule has 0 amide bonds. The maximum absolute atomic E-state index is 11.7. The monoisotopic (exact) mass is 197 g/mol. The van der Waals surface area contributed by atoms with Gasteiger partial charge in [0.25, 0.3) is 0 Å². The molecule has 3 heteroatoms. The van der Waals surface area contributed by atoms with E-state index in [4.69, 9.17) is 0 Å². The van der Waals surface area contributed by atoms with Gasteiger partial charge in [0.2, 0.25) is 0 Å². The molecule has 0 unspecified atom stereocenters. The van der Waals surface area contributed by atoms with Crippen molar-refractivity contribution in [3.05, 3.63) is 24.3 Å². The van der Waals surface area contributed by atoms with Crippen molar-refractivity contribution in [1.29, 1.82) is 0 Å². The quantitative estimate of drug-likeness (QED) is 0.754. The summed E-state index contributed by atoms with van der Waals surface area (Å²) in [7, 11) is -2.08. The predicted octanol–water partition coefficient (Wildman–Crippen LogP) is 2.37. The fourth-order valence-corrected chi connectivity index (χ4v) is 2.01. The number of rotatable bonds is 3. The first-order valence-electron chi connectivity index (χ1n) is 4.43. The van der Waals surface area contributed by atoms with Crippen LogP contribution in [0, 0.1) is 0 Å². The molecule has 0 aliphatic carbocycles. The largest absolute Gasteiger partial charge is 0.385 e. The summed E-state index contributed by atoms with van der Waals surface area (Å²) in [6.45, 7) is 6.54. The van der Waals surface area contributed by atoms with Crippen LogP contribution in [0.2, 0.25) is 0 Å². The van der Waals surface area contributed by atoms with Gasteiger partial charge in [-0.15, -0.1) is 0 Å². The number of anilines is 1. The number of benzene rings is 1. The molecule has 0 spiro atoms. The van der Waals surface area contributed by atoms with Crippen LogP contribution >= 0.6 is 7.14 Å². The van der Waals surface area contributed by atoms with E-state index in [0.29, 0.717) is 0 Å². The van der Waals surface area contributed by atoms with Crippen LogP contribution in [-0.4, -0.2) is 19.9 Å². The van der Waals surface area contributed by atoms with Crippen molar-refractivity contribution in [2.45, 2.75) is 6.92 Å². The molecule has 0 aliphatic heterocycles. The van der Waals surface area contributed by atoms with E-state index in [1.54, 1.807) is 13.3 Å². The van der Waals surface area contributed by atoms with E-state index in [9.17, 15) is 4.57 Å². The van der Waals surface area contributed by atoms with Crippen molar-refractivity contribution in [3.8, 4) is 0 Å². The highest BCUT2D eigenvalue weighted by Crippen LogP contribution is 2.34. The van der Waals surface area contributed by atoms with E-state index in [1.165, 1.54) is 0 Å². The third-order valence-corrected chi connectivity index (χ3v) is 3.41. The Bertz CT molecular complexity index is 312. The lowest BCUT2D eigenvalue weighted by atomic mass is 10.3. The van der Waals surface area contributed by atoms with E-state index in [-0.39, 0.29) is 0 Å². The molecule has 2 nitrogen and oxygen atoms in total. The SMILES string of the molecule is CCNc1ccc(P(C)(C)=O)cc1. The third kappa shape index (κ3) is 2.89. The Hall–Kier alpha value is -0.750. The van der Waals surface area contributed by atoms with Crippen LogP contribution in [0.5, 0.6) is 0 Å². The highest BCUT2D eigenvalue weighted by molar-refractivity contribution is 7.70. The summed E-state index contributed by atoms with van der Waals surface area (Å²) in [5, 5.41) is 4.14. The zero-order chi connectivity index (χ0) is 9.90. The fraction of sp³-hybridized carbons (Fsp3) is 0.400. The lowest BCUT2D eigenvalue weighted by Gasteiger charge is -2.08. The maximum Gasteiger partial charge on any atom is 0.109 e. The zero-order valence-electron chi connectivity index (χ0n) is 8.37. The van der Waals surface area contributed by atoms with Gasteiger partial charge in [-0.1, -0.05) is 0 Å². The fourth-order valence-electron chi connectivity index (χ4n) is 1.14. The zero-order valence-corrected chi connectivity index (χ0v) is 9.27. The van der Waals surface area contributed by atoms with Gasteiger partial charge in [-0.25, -0.2) is 0 Å². The minimum absolute atomic E-state index is 0.912. The predicted molar refractivity (Wildman–Crippen MR) is 59.7 cm³/mol. The molecule has 0 bridgehead atoms. The second kappa shape index (κ2) is 3.97. The molecular weight excluding hydrogens is 181 g/mol. The van der Waals surface area contributed by atoms with Gasteiger partial charge in [0.15, 0.2) is 0 Å². The molecular formula is C10H16NOP. The van der Waals surface area contributed by atoms with Crippen molar-refractivity contribution >= 4 is 18.1 Å². The lowest BCUT2D eigenvalue weighted by Crippen LogP contribution is -2.03. The Balaban J connectivity index is 2.88.